The molecule has 1 aliphatic rings. The number of aliphatic carboxylic acids is 2. The van der Waals surface area contributed by atoms with Crippen molar-refractivity contribution in [3.05, 3.63) is 29.8 Å². The Hall–Kier alpha value is -3.14. The molecule has 1 aromatic carbocycles. The summed E-state index contributed by atoms with van der Waals surface area (Å²) < 4.78 is 4.69. The number of hydrogen-bond donors (Lipinski definition) is 9. The molecule has 0 unspecified atom stereocenters. The average molecular weight is 530 g/mol. The minimum Gasteiger partial charge on any atom is -0.508 e. The van der Waals surface area contributed by atoms with E-state index in [2.05, 4.69) is 5.32 Å². The first kappa shape index (κ1) is 33.9. The standard InChI is InChI=1S/C15H23N3O4.C5H9NO2.C3H7NO3/c16-8-2-1-3-12(17)14(20)22-15(21)13(18)9-10-4-6-11(19)7-5-10;7-5(8)4-2-1-3-6-4;4-2(1-5)3(6)7/h4-7,12-13,19H,1-3,8-9,16-18H2;4,6H,1-3H2,(H,7,8);2,5H,1,4H2,(H,6,7)/t12-,13-;4-;2-/m000/s1. The maximum atomic E-state index is 11.8. The summed E-state index contributed by atoms with van der Waals surface area (Å²) in [4.78, 5) is 43.2. The molecule has 14 nitrogen and oxygen atoms in total. The lowest BCUT2D eigenvalue weighted by Gasteiger charge is -2.13. The number of nitrogens with one attached hydrogen (secondary N) is 1. The number of nitrogens with two attached hydrogens (primary N) is 4. The third-order valence-corrected chi connectivity index (χ3v) is 5.04. The van der Waals surface area contributed by atoms with Gasteiger partial charge < -0.3 is 53.4 Å². The van der Waals surface area contributed by atoms with E-state index in [0.717, 1.165) is 31.4 Å². The number of phenols is 1. The third kappa shape index (κ3) is 15.6. The highest BCUT2D eigenvalue weighted by molar-refractivity contribution is 5.90. The number of carbonyl (C=O) groups is 4. The number of carboxylic acid groups (broad SMARTS) is 2. The van der Waals surface area contributed by atoms with E-state index < -0.39 is 48.6 Å². The van der Waals surface area contributed by atoms with E-state index in [-0.39, 0.29) is 18.2 Å². The number of rotatable bonds is 11. The van der Waals surface area contributed by atoms with Crippen LogP contribution in [0.3, 0.4) is 0 Å². The lowest BCUT2D eigenvalue weighted by Crippen LogP contribution is -2.40. The topological polar surface area (TPSA) is 275 Å². The maximum Gasteiger partial charge on any atom is 0.330 e. The minimum absolute atomic E-state index is 0.124. The predicted molar refractivity (Wildman–Crippen MR) is 133 cm³/mol. The Bertz CT molecular complexity index is 832. The number of aromatic hydroxyl groups is 1. The molecule has 4 atom stereocenters. The fourth-order valence-electron chi connectivity index (χ4n) is 2.82. The van der Waals surface area contributed by atoms with Gasteiger partial charge in [-0.15, -0.1) is 0 Å². The van der Waals surface area contributed by atoms with Gasteiger partial charge in [-0.3, -0.25) is 9.59 Å². The molecule has 0 aromatic heterocycles. The van der Waals surface area contributed by atoms with Crippen LogP contribution in [0.2, 0.25) is 0 Å². The summed E-state index contributed by atoms with van der Waals surface area (Å²) in [5.74, 6) is -3.36. The quantitative estimate of drug-likeness (QED) is 0.0852. The van der Waals surface area contributed by atoms with Crippen molar-refractivity contribution in [3.63, 3.8) is 0 Å². The van der Waals surface area contributed by atoms with Crippen molar-refractivity contribution in [1.29, 1.82) is 0 Å². The molecule has 210 valence electrons. The highest BCUT2D eigenvalue weighted by Gasteiger charge is 2.23. The van der Waals surface area contributed by atoms with Crippen LogP contribution in [0.15, 0.2) is 24.3 Å². The highest BCUT2D eigenvalue weighted by atomic mass is 16.6. The summed E-state index contributed by atoms with van der Waals surface area (Å²) in [6.07, 6.45) is 3.85. The number of aliphatic hydroxyl groups excluding tert-OH is 1. The molecule has 1 aromatic rings. The van der Waals surface area contributed by atoms with Gasteiger partial charge in [0.2, 0.25) is 0 Å². The van der Waals surface area contributed by atoms with Crippen molar-refractivity contribution >= 4 is 23.9 Å². The van der Waals surface area contributed by atoms with Gasteiger partial charge in [0.1, 0.15) is 29.9 Å². The number of hydrogen-bond acceptors (Lipinski definition) is 12. The van der Waals surface area contributed by atoms with Crippen LogP contribution in [0.5, 0.6) is 5.75 Å². The summed E-state index contributed by atoms with van der Waals surface area (Å²) in [5, 5.41) is 36.3. The lowest BCUT2D eigenvalue weighted by molar-refractivity contribution is -0.161. The van der Waals surface area contributed by atoms with Gasteiger partial charge in [-0.1, -0.05) is 18.6 Å². The molecule has 13 N–H and O–H groups in total. The molecular weight excluding hydrogens is 490 g/mol. The Kier molecular flexibility index (Phi) is 17.4. The van der Waals surface area contributed by atoms with Gasteiger partial charge in [0.15, 0.2) is 0 Å². The molecule has 1 saturated heterocycles. The number of ether oxygens (including phenoxy) is 1. The molecule has 0 saturated carbocycles. The zero-order valence-electron chi connectivity index (χ0n) is 20.6. The monoisotopic (exact) mass is 529 g/mol. The molecule has 0 radical (unpaired) electrons. The van der Waals surface area contributed by atoms with Gasteiger partial charge >= 0.3 is 23.9 Å². The summed E-state index contributed by atoms with van der Waals surface area (Å²) in [6.45, 7) is 0.879. The van der Waals surface area contributed by atoms with Crippen molar-refractivity contribution in [2.75, 3.05) is 19.7 Å². The van der Waals surface area contributed by atoms with E-state index in [4.69, 9.17) is 43.0 Å². The van der Waals surface area contributed by atoms with E-state index in [0.29, 0.717) is 19.4 Å². The number of benzene rings is 1. The zero-order chi connectivity index (χ0) is 28.4. The van der Waals surface area contributed by atoms with E-state index in [1.807, 2.05) is 0 Å². The molecule has 0 amide bonds. The number of aliphatic hydroxyl groups is 1. The van der Waals surface area contributed by atoms with Gasteiger partial charge in [0.05, 0.1) is 6.61 Å². The first-order valence-electron chi connectivity index (χ1n) is 11.7. The van der Waals surface area contributed by atoms with Crippen LogP contribution in [0.4, 0.5) is 0 Å². The van der Waals surface area contributed by atoms with Crippen LogP contribution in [0.1, 0.15) is 37.7 Å². The maximum absolute atomic E-state index is 11.8. The number of carbonyl (C=O) groups excluding carboxylic acids is 2. The third-order valence-electron chi connectivity index (χ3n) is 5.04. The fourth-order valence-corrected chi connectivity index (χ4v) is 2.82. The summed E-state index contributed by atoms with van der Waals surface area (Å²) >= 11 is 0. The summed E-state index contributed by atoms with van der Waals surface area (Å²) in [7, 11) is 0. The second kappa shape index (κ2) is 19.0. The number of phenolic OH excluding ortho intramolecular Hbond substituents is 1. The number of unbranched alkanes of at least 4 members (excludes halogenated alkanes) is 1. The second-order valence-electron chi connectivity index (χ2n) is 8.22. The lowest BCUT2D eigenvalue weighted by atomic mass is 10.1. The minimum atomic E-state index is -1.18. The molecule has 0 spiro atoms. The van der Waals surface area contributed by atoms with Crippen molar-refractivity contribution < 1.29 is 44.3 Å². The van der Waals surface area contributed by atoms with E-state index in [9.17, 15) is 24.3 Å². The Morgan fingerprint density at radius 3 is 1.97 bits per heavy atom. The smallest absolute Gasteiger partial charge is 0.330 e. The molecule has 0 aliphatic carbocycles. The molecule has 0 bridgehead atoms. The Morgan fingerprint density at radius 1 is 0.973 bits per heavy atom. The molecule has 1 fully saturated rings. The fraction of sp³-hybridized carbons (Fsp3) is 0.565. The van der Waals surface area contributed by atoms with Crippen LogP contribution in [0.25, 0.3) is 0 Å². The predicted octanol–water partition coefficient (Wildman–Crippen LogP) is -2.00. The summed E-state index contributed by atoms with van der Waals surface area (Å²) in [5.41, 5.74) is 22.2. The molecule has 37 heavy (non-hydrogen) atoms. The van der Waals surface area contributed by atoms with E-state index >= 15 is 0 Å². The average Bonchev–Trinajstić information content (AvgIpc) is 3.41. The summed E-state index contributed by atoms with van der Waals surface area (Å²) in [6, 6.07) is 3.06. The largest absolute Gasteiger partial charge is 0.508 e. The Morgan fingerprint density at radius 2 is 1.57 bits per heavy atom. The van der Waals surface area contributed by atoms with E-state index in [1.165, 1.54) is 12.1 Å². The van der Waals surface area contributed by atoms with Crippen LogP contribution in [0, 0.1) is 0 Å². The second-order valence-corrected chi connectivity index (χ2v) is 8.22. The van der Waals surface area contributed by atoms with Gasteiger partial charge in [-0.25, -0.2) is 9.59 Å². The van der Waals surface area contributed by atoms with Gasteiger partial charge in [0.25, 0.3) is 0 Å². The first-order valence-corrected chi connectivity index (χ1v) is 11.7. The molecular formula is C23H39N5O9. The van der Waals surface area contributed by atoms with Crippen LogP contribution in [-0.4, -0.2) is 88.2 Å². The van der Waals surface area contributed by atoms with Crippen LogP contribution >= 0.6 is 0 Å². The number of carboxylic acids is 2. The molecule has 2 rings (SSSR count). The molecule has 14 heteroatoms. The van der Waals surface area contributed by atoms with Crippen LogP contribution < -0.4 is 28.3 Å². The van der Waals surface area contributed by atoms with Crippen molar-refractivity contribution in [3.8, 4) is 5.75 Å². The first-order chi connectivity index (χ1) is 17.4. The Labute approximate surface area is 214 Å². The van der Waals surface area contributed by atoms with Crippen LogP contribution in [-0.2, 0) is 30.3 Å². The highest BCUT2D eigenvalue weighted by Crippen LogP contribution is 2.11. The normalized spacial score (nSPS) is 16.6. The van der Waals surface area contributed by atoms with Crippen molar-refractivity contribution in [2.45, 2.75) is 62.7 Å². The SMILES string of the molecule is NCCCC[C@H](N)C(=O)OC(=O)[C@@H](N)Cc1ccc(O)cc1.N[C@@H](CO)C(=O)O.O=C(O)[C@@H]1CCCN1. The Balaban J connectivity index is 0.000000699. The van der Waals surface area contributed by atoms with Crippen molar-refractivity contribution in [1.82, 2.24) is 5.32 Å². The molecule has 1 aliphatic heterocycles. The zero-order valence-corrected chi connectivity index (χ0v) is 20.6. The number of esters is 2. The van der Waals surface area contributed by atoms with E-state index in [1.54, 1.807) is 12.1 Å². The molecule has 1 heterocycles. The van der Waals surface area contributed by atoms with Gasteiger partial charge in [-0.2, -0.15) is 0 Å². The van der Waals surface area contributed by atoms with Gasteiger partial charge in [-0.05, 0) is 62.9 Å². The van der Waals surface area contributed by atoms with Gasteiger partial charge in [0, 0.05) is 0 Å². The van der Waals surface area contributed by atoms with Crippen molar-refractivity contribution in [2.24, 2.45) is 22.9 Å².